The number of carbonyl (C=O) groups excluding carboxylic acids is 2. The first kappa shape index (κ1) is 26.2. The number of carbonyl (C=O) groups is 3. The number of rotatable bonds is 9. The van der Waals surface area contributed by atoms with Gasteiger partial charge in [-0.05, 0) is 34.9 Å². The van der Waals surface area contributed by atoms with Gasteiger partial charge in [0.05, 0.1) is 5.56 Å². The maximum Gasteiger partial charge on any atom is 0.422 e. The second-order valence-corrected chi connectivity index (χ2v) is 9.53. The fourth-order valence-electron chi connectivity index (χ4n) is 3.54. The van der Waals surface area contributed by atoms with E-state index in [1.54, 1.807) is 65.4 Å². The van der Waals surface area contributed by atoms with Crippen LogP contribution in [0.3, 0.4) is 0 Å². The predicted octanol–water partition coefficient (Wildman–Crippen LogP) is 4.23. The lowest BCUT2D eigenvalue weighted by molar-refractivity contribution is 0.0464. The highest BCUT2D eigenvalue weighted by atomic mass is 32.2. The quantitative estimate of drug-likeness (QED) is 0.304. The highest BCUT2D eigenvalue weighted by Gasteiger charge is 2.28. The number of hydrogen-bond donors (Lipinski definition) is 2. The first-order valence-corrected chi connectivity index (χ1v) is 12.7. The van der Waals surface area contributed by atoms with Gasteiger partial charge in [-0.15, -0.1) is 0 Å². The predicted molar refractivity (Wildman–Crippen MR) is 136 cm³/mol. The molecule has 1 heterocycles. The van der Waals surface area contributed by atoms with Crippen molar-refractivity contribution in [2.24, 2.45) is 0 Å². The zero-order valence-electron chi connectivity index (χ0n) is 19.8. The van der Waals surface area contributed by atoms with Crippen molar-refractivity contribution in [2.45, 2.75) is 13.2 Å². The fourth-order valence-corrected chi connectivity index (χ4v) is 4.54. The van der Waals surface area contributed by atoms with Crippen LogP contribution < -0.4 is 4.72 Å². The van der Waals surface area contributed by atoms with Gasteiger partial charge in [-0.25, -0.2) is 23.1 Å². The first-order chi connectivity index (χ1) is 18.2. The van der Waals surface area contributed by atoms with E-state index < -0.39 is 28.2 Å². The molecule has 0 spiro atoms. The number of benzene rings is 3. The molecule has 0 bridgehead atoms. The Hall–Kier alpha value is -4.90. The van der Waals surface area contributed by atoms with Crippen molar-refractivity contribution in [1.82, 2.24) is 8.69 Å². The normalized spacial score (nSPS) is 10.9. The Morgan fingerprint density at radius 2 is 1.32 bits per heavy atom. The molecular weight excluding hydrogens is 512 g/mol. The Morgan fingerprint density at radius 3 is 1.87 bits per heavy atom. The van der Waals surface area contributed by atoms with Crippen LogP contribution in [-0.4, -0.2) is 35.5 Å². The largest absolute Gasteiger partial charge is 0.478 e. The lowest BCUT2D eigenvalue weighted by Gasteiger charge is -2.13. The molecule has 0 unspecified atom stereocenters. The van der Waals surface area contributed by atoms with E-state index >= 15 is 0 Å². The topological polar surface area (TPSA) is 141 Å². The minimum atomic E-state index is -4.63. The lowest BCUT2D eigenvalue weighted by atomic mass is 10.0. The molecule has 194 valence electrons. The summed E-state index contributed by atoms with van der Waals surface area (Å²) in [5.41, 5.74) is 1.48. The number of aromatic carboxylic acids is 1. The van der Waals surface area contributed by atoms with E-state index in [1.807, 2.05) is 0 Å². The van der Waals surface area contributed by atoms with Crippen LogP contribution in [-0.2, 0) is 32.9 Å². The van der Waals surface area contributed by atoms with Gasteiger partial charge in [-0.3, -0.25) is 0 Å². The zero-order valence-corrected chi connectivity index (χ0v) is 20.6. The molecule has 2 N–H and O–H groups in total. The molecule has 0 saturated carbocycles. The maximum atomic E-state index is 13.2. The molecule has 11 heteroatoms. The third-order valence-electron chi connectivity index (χ3n) is 5.39. The van der Waals surface area contributed by atoms with Crippen molar-refractivity contribution in [3.63, 3.8) is 0 Å². The van der Waals surface area contributed by atoms with Gasteiger partial charge >= 0.3 is 28.2 Å². The number of nitrogens with one attached hydrogen (secondary N) is 1. The Labute approximate surface area is 218 Å². The molecule has 0 atom stereocenters. The lowest BCUT2D eigenvalue weighted by Crippen LogP contribution is -2.36. The molecule has 10 nitrogen and oxygen atoms in total. The van der Waals surface area contributed by atoms with E-state index in [0.717, 1.165) is 6.20 Å². The molecule has 38 heavy (non-hydrogen) atoms. The van der Waals surface area contributed by atoms with E-state index in [0.29, 0.717) is 20.7 Å². The molecule has 0 radical (unpaired) electrons. The highest BCUT2D eigenvalue weighted by molar-refractivity contribution is 7.88. The number of hydrogen-bond acceptors (Lipinski definition) is 7. The van der Waals surface area contributed by atoms with Crippen LogP contribution in [0.1, 0.15) is 32.0 Å². The summed E-state index contributed by atoms with van der Waals surface area (Å²) in [5.74, 6) is -2.11. The molecule has 3 aromatic carbocycles. The molecule has 4 aromatic rings. The van der Waals surface area contributed by atoms with Gasteiger partial charge < -0.3 is 14.6 Å². The van der Waals surface area contributed by atoms with E-state index in [-0.39, 0.29) is 30.0 Å². The van der Waals surface area contributed by atoms with Crippen LogP contribution in [0.2, 0.25) is 0 Å². The van der Waals surface area contributed by atoms with E-state index in [2.05, 4.69) is 0 Å². The van der Waals surface area contributed by atoms with Gasteiger partial charge in [0.1, 0.15) is 13.2 Å². The standard InChI is InChI=1S/C27H22N2O8S/c30-25(31)22-13-11-21(12-14-22)23-15-16-29(24(23)26(32)36-17-19-7-3-1-4-8-19)38(34,35)28-27(33)37-18-20-9-5-2-6-10-20/h1-16H,17-18H2,(H,28,33)(H,30,31). The first-order valence-electron chi connectivity index (χ1n) is 11.2. The Bertz CT molecular complexity index is 1550. The van der Waals surface area contributed by atoms with Crippen molar-refractivity contribution in [1.29, 1.82) is 0 Å². The summed E-state index contributed by atoms with van der Waals surface area (Å²) in [6, 6.07) is 24.3. The van der Waals surface area contributed by atoms with Gasteiger partial charge in [0.2, 0.25) is 0 Å². The van der Waals surface area contributed by atoms with Crippen molar-refractivity contribution < 1.29 is 37.4 Å². The van der Waals surface area contributed by atoms with Gasteiger partial charge in [-0.1, -0.05) is 72.8 Å². The van der Waals surface area contributed by atoms with Crippen LogP contribution >= 0.6 is 0 Å². The number of ether oxygens (including phenoxy) is 2. The third kappa shape index (κ3) is 6.26. The molecule has 0 saturated heterocycles. The molecule has 1 amide bonds. The number of aromatic nitrogens is 1. The molecule has 4 rings (SSSR count). The summed E-state index contributed by atoms with van der Waals surface area (Å²) in [6.45, 7) is -0.296. The monoisotopic (exact) mass is 534 g/mol. The van der Waals surface area contributed by atoms with Crippen molar-refractivity contribution in [2.75, 3.05) is 0 Å². The number of carboxylic acid groups (broad SMARTS) is 1. The summed E-state index contributed by atoms with van der Waals surface area (Å²) in [4.78, 5) is 36.7. The maximum absolute atomic E-state index is 13.2. The molecule has 0 fully saturated rings. The van der Waals surface area contributed by atoms with Crippen LogP contribution in [0.25, 0.3) is 11.1 Å². The SMILES string of the molecule is O=C(NS(=O)(=O)n1ccc(-c2ccc(C(=O)O)cc2)c1C(=O)OCc1ccccc1)OCc1ccccc1. The average molecular weight is 535 g/mol. The summed E-state index contributed by atoms with van der Waals surface area (Å²) in [6.07, 6.45) is -0.148. The minimum absolute atomic E-state index is 0.0110. The van der Waals surface area contributed by atoms with Crippen molar-refractivity contribution in [3.8, 4) is 11.1 Å². The molecular formula is C27H22N2O8S. The third-order valence-corrected chi connectivity index (χ3v) is 6.63. The second kappa shape index (κ2) is 11.4. The zero-order chi connectivity index (χ0) is 27.1. The minimum Gasteiger partial charge on any atom is -0.478 e. The summed E-state index contributed by atoms with van der Waals surface area (Å²) >= 11 is 0. The summed E-state index contributed by atoms with van der Waals surface area (Å²) in [5, 5.41) is 9.17. The second-order valence-electron chi connectivity index (χ2n) is 7.99. The average Bonchev–Trinajstić information content (AvgIpc) is 3.38. The van der Waals surface area contributed by atoms with Gasteiger partial charge in [0.25, 0.3) is 0 Å². The van der Waals surface area contributed by atoms with Gasteiger partial charge in [-0.2, -0.15) is 8.42 Å². The van der Waals surface area contributed by atoms with Gasteiger partial charge in [0.15, 0.2) is 5.69 Å². The van der Waals surface area contributed by atoms with E-state index in [1.165, 1.54) is 30.3 Å². The van der Waals surface area contributed by atoms with Crippen LogP contribution in [0.15, 0.2) is 97.2 Å². The van der Waals surface area contributed by atoms with E-state index in [9.17, 15) is 22.8 Å². The molecule has 0 aliphatic heterocycles. The number of nitrogens with zero attached hydrogens (tertiary/aromatic N) is 1. The van der Waals surface area contributed by atoms with Crippen LogP contribution in [0.4, 0.5) is 4.79 Å². The smallest absolute Gasteiger partial charge is 0.422 e. The van der Waals surface area contributed by atoms with Gasteiger partial charge in [0, 0.05) is 11.8 Å². The molecule has 0 aliphatic rings. The Balaban J connectivity index is 1.62. The molecule has 1 aromatic heterocycles. The number of amides is 1. The highest BCUT2D eigenvalue weighted by Crippen LogP contribution is 2.27. The number of esters is 1. The van der Waals surface area contributed by atoms with Crippen LogP contribution in [0.5, 0.6) is 0 Å². The fraction of sp³-hybridized carbons (Fsp3) is 0.0741. The molecule has 0 aliphatic carbocycles. The Kier molecular flexibility index (Phi) is 7.88. The summed E-state index contributed by atoms with van der Waals surface area (Å²) in [7, 11) is -4.63. The van der Waals surface area contributed by atoms with E-state index in [4.69, 9.17) is 14.6 Å². The van der Waals surface area contributed by atoms with Crippen LogP contribution in [0, 0.1) is 0 Å². The van der Waals surface area contributed by atoms with Crippen molar-refractivity contribution >= 4 is 28.2 Å². The summed E-state index contributed by atoms with van der Waals surface area (Å²) < 4.78 is 39.0. The van der Waals surface area contributed by atoms with Crippen molar-refractivity contribution in [3.05, 3.63) is 120 Å². The number of carboxylic acids is 1. The Morgan fingerprint density at radius 1 is 0.763 bits per heavy atom.